The van der Waals surface area contributed by atoms with Crippen molar-refractivity contribution in [2.24, 2.45) is 0 Å². The smallest absolute Gasteiger partial charge is 0.225 e. The number of anilines is 1. The lowest BCUT2D eigenvalue weighted by atomic mass is 10.2. The summed E-state index contributed by atoms with van der Waals surface area (Å²) in [6.07, 6.45) is 2.16. The first-order valence-corrected chi connectivity index (χ1v) is 9.87. The molecule has 0 atom stereocenters. The molecule has 0 fully saturated rings. The fourth-order valence-electron chi connectivity index (χ4n) is 2.71. The van der Waals surface area contributed by atoms with Gasteiger partial charge >= 0.3 is 0 Å². The number of hydrogen-bond acceptors (Lipinski definition) is 6. The van der Waals surface area contributed by atoms with Gasteiger partial charge in [0.2, 0.25) is 11.7 Å². The highest BCUT2D eigenvalue weighted by molar-refractivity contribution is 7.16. The lowest BCUT2D eigenvalue weighted by Crippen LogP contribution is -2.27. The van der Waals surface area contributed by atoms with E-state index in [1.54, 1.807) is 12.1 Å². The SMILES string of the molecule is C=CCN(CCC(=O)Nc1cc(OC)c(OC)c(OC)c1)Cc1ccc(Cl)s1. The van der Waals surface area contributed by atoms with Gasteiger partial charge in [0.25, 0.3) is 0 Å². The maximum absolute atomic E-state index is 12.4. The lowest BCUT2D eigenvalue weighted by Gasteiger charge is -2.20. The molecule has 0 aliphatic rings. The van der Waals surface area contributed by atoms with Gasteiger partial charge in [-0.15, -0.1) is 17.9 Å². The molecule has 0 bridgehead atoms. The molecule has 0 aliphatic heterocycles. The molecule has 28 heavy (non-hydrogen) atoms. The van der Waals surface area contributed by atoms with E-state index < -0.39 is 0 Å². The van der Waals surface area contributed by atoms with Crippen molar-refractivity contribution in [2.75, 3.05) is 39.7 Å². The van der Waals surface area contributed by atoms with E-state index in [9.17, 15) is 4.79 Å². The van der Waals surface area contributed by atoms with Crippen LogP contribution in [-0.2, 0) is 11.3 Å². The summed E-state index contributed by atoms with van der Waals surface area (Å²) in [6.45, 7) is 5.80. The summed E-state index contributed by atoms with van der Waals surface area (Å²) in [6, 6.07) is 7.28. The van der Waals surface area contributed by atoms with Gasteiger partial charge in [-0.3, -0.25) is 9.69 Å². The van der Waals surface area contributed by atoms with Crippen molar-refractivity contribution >= 4 is 34.5 Å². The second kappa shape index (κ2) is 10.9. The molecule has 0 spiro atoms. The zero-order valence-electron chi connectivity index (χ0n) is 16.3. The topological polar surface area (TPSA) is 60.0 Å². The number of carbonyl (C=O) groups excluding carboxylic acids is 1. The van der Waals surface area contributed by atoms with Gasteiger partial charge in [0.1, 0.15) is 0 Å². The van der Waals surface area contributed by atoms with E-state index in [0.29, 0.717) is 42.4 Å². The van der Waals surface area contributed by atoms with Crippen molar-refractivity contribution in [3.8, 4) is 17.2 Å². The highest BCUT2D eigenvalue weighted by Crippen LogP contribution is 2.39. The second-order valence-corrected chi connectivity index (χ2v) is 7.74. The van der Waals surface area contributed by atoms with Crippen molar-refractivity contribution in [1.82, 2.24) is 4.90 Å². The molecular formula is C20H25ClN2O4S. The maximum Gasteiger partial charge on any atom is 0.225 e. The Kier molecular flexibility index (Phi) is 8.63. The standard InChI is InChI=1S/C20H25ClN2O4S/c1-5-9-23(13-15-6-7-18(21)28-15)10-8-19(24)22-14-11-16(25-2)20(27-4)17(12-14)26-3/h5-7,11-12H,1,8-10,13H2,2-4H3,(H,22,24). The molecule has 0 saturated carbocycles. The predicted molar refractivity (Wildman–Crippen MR) is 114 cm³/mol. The number of halogens is 1. The molecule has 1 N–H and O–H groups in total. The number of methoxy groups -OCH3 is 3. The minimum Gasteiger partial charge on any atom is -0.493 e. The van der Waals surface area contributed by atoms with Crippen LogP contribution in [0.1, 0.15) is 11.3 Å². The molecule has 0 unspecified atom stereocenters. The molecule has 1 heterocycles. The number of hydrogen-bond donors (Lipinski definition) is 1. The number of thiophene rings is 1. The number of nitrogens with zero attached hydrogens (tertiary/aromatic N) is 1. The van der Waals surface area contributed by atoms with Crippen LogP contribution in [0.15, 0.2) is 36.9 Å². The Hall–Kier alpha value is -2.22. The molecular weight excluding hydrogens is 400 g/mol. The van der Waals surface area contributed by atoms with Gasteiger partial charge in [0, 0.05) is 48.8 Å². The zero-order valence-corrected chi connectivity index (χ0v) is 17.9. The first-order valence-electron chi connectivity index (χ1n) is 8.68. The van der Waals surface area contributed by atoms with Gasteiger partial charge in [0.15, 0.2) is 11.5 Å². The van der Waals surface area contributed by atoms with Crippen LogP contribution in [0, 0.1) is 0 Å². The van der Waals surface area contributed by atoms with Crippen LogP contribution in [0.4, 0.5) is 5.69 Å². The minimum absolute atomic E-state index is 0.104. The Balaban J connectivity index is 1.99. The van der Waals surface area contributed by atoms with E-state index in [1.807, 2.05) is 18.2 Å². The van der Waals surface area contributed by atoms with Gasteiger partial charge in [-0.25, -0.2) is 0 Å². The highest BCUT2D eigenvalue weighted by Gasteiger charge is 2.15. The van der Waals surface area contributed by atoms with Crippen LogP contribution in [0.3, 0.4) is 0 Å². The molecule has 2 rings (SSSR count). The van der Waals surface area contributed by atoms with Crippen molar-refractivity contribution in [1.29, 1.82) is 0 Å². The number of carbonyl (C=O) groups is 1. The number of rotatable bonds is 11. The summed E-state index contributed by atoms with van der Waals surface area (Å²) in [5.74, 6) is 1.35. The fourth-order valence-corrected chi connectivity index (χ4v) is 3.84. The summed E-state index contributed by atoms with van der Waals surface area (Å²) in [5.41, 5.74) is 0.583. The molecule has 0 saturated heterocycles. The van der Waals surface area contributed by atoms with E-state index in [4.69, 9.17) is 25.8 Å². The van der Waals surface area contributed by atoms with Crippen LogP contribution in [-0.4, -0.2) is 45.2 Å². The Morgan fingerprint density at radius 3 is 2.39 bits per heavy atom. The number of amides is 1. The van der Waals surface area contributed by atoms with Gasteiger partial charge in [-0.05, 0) is 12.1 Å². The van der Waals surface area contributed by atoms with Crippen molar-refractivity contribution in [3.05, 3.63) is 46.1 Å². The first kappa shape index (κ1) is 22.1. The Bertz CT molecular complexity index is 784. The largest absolute Gasteiger partial charge is 0.493 e. The van der Waals surface area contributed by atoms with Crippen LogP contribution < -0.4 is 19.5 Å². The maximum atomic E-state index is 12.4. The van der Waals surface area contributed by atoms with E-state index >= 15 is 0 Å². The Morgan fingerprint density at radius 2 is 1.89 bits per heavy atom. The average molecular weight is 425 g/mol. The third kappa shape index (κ3) is 6.15. The van der Waals surface area contributed by atoms with E-state index in [2.05, 4.69) is 16.8 Å². The normalized spacial score (nSPS) is 10.6. The summed E-state index contributed by atoms with van der Waals surface area (Å²) in [7, 11) is 4.60. The predicted octanol–water partition coefficient (Wildman–Crippen LogP) is 4.44. The average Bonchev–Trinajstić information content (AvgIpc) is 3.10. The van der Waals surface area contributed by atoms with E-state index in [-0.39, 0.29) is 5.91 Å². The zero-order chi connectivity index (χ0) is 20.5. The summed E-state index contributed by atoms with van der Waals surface area (Å²) in [4.78, 5) is 15.7. The van der Waals surface area contributed by atoms with E-state index in [0.717, 1.165) is 15.8 Å². The summed E-state index contributed by atoms with van der Waals surface area (Å²) in [5, 5.41) is 2.88. The quantitative estimate of drug-likeness (QED) is 0.540. The van der Waals surface area contributed by atoms with Crippen LogP contribution in [0.2, 0.25) is 4.34 Å². The molecule has 8 heteroatoms. The molecule has 6 nitrogen and oxygen atoms in total. The molecule has 1 aromatic heterocycles. The van der Waals surface area contributed by atoms with Gasteiger partial charge < -0.3 is 19.5 Å². The fraction of sp³-hybridized carbons (Fsp3) is 0.350. The number of benzene rings is 1. The van der Waals surface area contributed by atoms with Gasteiger partial charge in [0.05, 0.1) is 25.7 Å². The van der Waals surface area contributed by atoms with Crippen molar-refractivity contribution in [2.45, 2.75) is 13.0 Å². The van der Waals surface area contributed by atoms with Crippen LogP contribution >= 0.6 is 22.9 Å². The third-order valence-electron chi connectivity index (χ3n) is 4.00. The van der Waals surface area contributed by atoms with E-state index in [1.165, 1.54) is 32.7 Å². The molecule has 1 amide bonds. The number of nitrogens with one attached hydrogen (secondary N) is 1. The van der Waals surface area contributed by atoms with Crippen LogP contribution in [0.25, 0.3) is 0 Å². The lowest BCUT2D eigenvalue weighted by molar-refractivity contribution is -0.116. The van der Waals surface area contributed by atoms with Gasteiger partial charge in [-0.2, -0.15) is 0 Å². The monoisotopic (exact) mass is 424 g/mol. The molecule has 2 aromatic rings. The second-order valence-electron chi connectivity index (χ2n) is 5.94. The van der Waals surface area contributed by atoms with Crippen LogP contribution in [0.5, 0.6) is 17.2 Å². The molecule has 0 radical (unpaired) electrons. The molecule has 152 valence electrons. The summed E-state index contributed by atoms with van der Waals surface area (Å²) >= 11 is 7.54. The summed E-state index contributed by atoms with van der Waals surface area (Å²) < 4.78 is 16.7. The third-order valence-corrected chi connectivity index (χ3v) is 5.22. The van der Waals surface area contributed by atoms with Crippen molar-refractivity contribution in [3.63, 3.8) is 0 Å². The minimum atomic E-state index is -0.104. The highest BCUT2D eigenvalue weighted by atomic mass is 35.5. The molecule has 0 aliphatic carbocycles. The van der Waals surface area contributed by atoms with Gasteiger partial charge in [-0.1, -0.05) is 17.7 Å². The first-order chi connectivity index (χ1) is 13.5. The number of ether oxygens (including phenoxy) is 3. The molecule has 1 aromatic carbocycles. The Morgan fingerprint density at radius 1 is 1.21 bits per heavy atom. The Labute approximate surface area is 174 Å². The van der Waals surface area contributed by atoms with Crippen molar-refractivity contribution < 1.29 is 19.0 Å².